The third kappa shape index (κ3) is 3.31. The third-order valence-corrected chi connectivity index (χ3v) is 3.41. The van der Waals surface area contributed by atoms with E-state index in [1.54, 1.807) is 0 Å². The Morgan fingerprint density at radius 1 is 1.31 bits per heavy atom. The SMILES string of the molecule is CCc1ccc(C[C@@H]2CCCCCN2)nc1. The largest absolute Gasteiger partial charge is 0.314 e. The summed E-state index contributed by atoms with van der Waals surface area (Å²) in [4.78, 5) is 4.53. The van der Waals surface area contributed by atoms with E-state index in [0.29, 0.717) is 6.04 Å². The molecular formula is C14H22N2. The maximum absolute atomic E-state index is 4.53. The lowest BCUT2D eigenvalue weighted by Gasteiger charge is -2.15. The molecule has 0 saturated carbocycles. The van der Waals surface area contributed by atoms with Crippen LogP contribution in [-0.4, -0.2) is 17.6 Å². The quantitative estimate of drug-likeness (QED) is 0.843. The van der Waals surface area contributed by atoms with Crippen LogP contribution in [0.5, 0.6) is 0 Å². The van der Waals surface area contributed by atoms with Gasteiger partial charge in [-0.2, -0.15) is 0 Å². The molecule has 0 unspecified atom stereocenters. The van der Waals surface area contributed by atoms with Crippen LogP contribution in [0.25, 0.3) is 0 Å². The normalized spacial score (nSPS) is 21.7. The molecule has 1 aromatic heterocycles. The maximum Gasteiger partial charge on any atom is 0.0419 e. The Morgan fingerprint density at radius 2 is 2.25 bits per heavy atom. The molecule has 1 atom stereocenters. The van der Waals surface area contributed by atoms with Crippen LogP contribution in [0.15, 0.2) is 18.3 Å². The first-order valence-electron chi connectivity index (χ1n) is 6.55. The molecular weight excluding hydrogens is 196 g/mol. The zero-order chi connectivity index (χ0) is 11.2. The standard InChI is InChI=1S/C14H22N2/c1-2-12-7-8-14(16-11-12)10-13-6-4-3-5-9-15-13/h7-8,11,13,15H,2-6,9-10H2,1H3/t13-/m0/s1. The molecule has 2 heteroatoms. The van der Waals surface area contributed by atoms with Crippen LogP contribution >= 0.6 is 0 Å². The first kappa shape index (κ1) is 11.6. The van der Waals surface area contributed by atoms with Gasteiger partial charge in [-0.1, -0.05) is 25.8 Å². The van der Waals surface area contributed by atoms with Crippen LogP contribution < -0.4 is 5.32 Å². The fourth-order valence-corrected chi connectivity index (χ4v) is 2.31. The lowest BCUT2D eigenvalue weighted by Crippen LogP contribution is -2.30. The highest BCUT2D eigenvalue weighted by atomic mass is 14.9. The van der Waals surface area contributed by atoms with Crippen molar-refractivity contribution >= 4 is 0 Å². The number of aryl methyl sites for hydroxylation is 1. The first-order chi connectivity index (χ1) is 7.88. The summed E-state index contributed by atoms with van der Waals surface area (Å²) < 4.78 is 0. The van der Waals surface area contributed by atoms with Crippen LogP contribution in [0.1, 0.15) is 43.9 Å². The number of hydrogen-bond donors (Lipinski definition) is 1. The molecule has 88 valence electrons. The molecule has 2 heterocycles. The summed E-state index contributed by atoms with van der Waals surface area (Å²) in [5, 5.41) is 3.62. The molecule has 0 aliphatic carbocycles. The average Bonchev–Trinajstić information content (AvgIpc) is 2.59. The predicted molar refractivity (Wildman–Crippen MR) is 67.6 cm³/mol. The van der Waals surface area contributed by atoms with Gasteiger partial charge >= 0.3 is 0 Å². The van der Waals surface area contributed by atoms with Crippen LogP contribution in [0.4, 0.5) is 0 Å². The van der Waals surface area contributed by atoms with E-state index in [2.05, 4.69) is 29.4 Å². The second-order valence-corrected chi connectivity index (χ2v) is 4.72. The number of nitrogens with zero attached hydrogens (tertiary/aromatic N) is 1. The molecule has 1 aliphatic heterocycles. The third-order valence-electron chi connectivity index (χ3n) is 3.41. The molecule has 16 heavy (non-hydrogen) atoms. The molecule has 0 aromatic carbocycles. The van der Waals surface area contributed by atoms with Crippen molar-refractivity contribution in [2.24, 2.45) is 0 Å². The molecule has 1 N–H and O–H groups in total. The molecule has 1 saturated heterocycles. The summed E-state index contributed by atoms with van der Waals surface area (Å²) in [6.07, 6.45) is 9.57. The van der Waals surface area contributed by atoms with E-state index in [-0.39, 0.29) is 0 Å². The average molecular weight is 218 g/mol. The van der Waals surface area contributed by atoms with Gasteiger partial charge in [0.05, 0.1) is 0 Å². The van der Waals surface area contributed by atoms with E-state index in [1.807, 2.05) is 6.20 Å². The lowest BCUT2D eigenvalue weighted by atomic mass is 10.0. The Labute approximate surface area is 98.5 Å². The van der Waals surface area contributed by atoms with E-state index < -0.39 is 0 Å². The Hall–Kier alpha value is -0.890. The van der Waals surface area contributed by atoms with Gasteiger partial charge in [0.2, 0.25) is 0 Å². The molecule has 0 amide bonds. The van der Waals surface area contributed by atoms with E-state index >= 15 is 0 Å². The predicted octanol–water partition coefficient (Wildman–Crippen LogP) is 2.72. The number of nitrogens with one attached hydrogen (secondary N) is 1. The van der Waals surface area contributed by atoms with E-state index in [9.17, 15) is 0 Å². The highest BCUT2D eigenvalue weighted by molar-refractivity contribution is 5.14. The van der Waals surface area contributed by atoms with Gasteiger partial charge in [-0.05, 0) is 37.4 Å². The summed E-state index contributed by atoms with van der Waals surface area (Å²) in [7, 11) is 0. The van der Waals surface area contributed by atoms with Gasteiger partial charge in [-0.3, -0.25) is 4.98 Å². The molecule has 0 bridgehead atoms. The minimum absolute atomic E-state index is 0.641. The molecule has 2 nitrogen and oxygen atoms in total. The fourth-order valence-electron chi connectivity index (χ4n) is 2.31. The van der Waals surface area contributed by atoms with E-state index in [1.165, 1.54) is 43.5 Å². The molecule has 1 aromatic rings. The summed E-state index contributed by atoms with van der Waals surface area (Å²) in [6.45, 7) is 3.35. The van der Waals surface area contributed by atoms with Crippen molar-refractivity contribution in [3.05, 3.63) is 29.6 Å². The summed E-state index contributed by atoms with van der Waals surface area (Å²) >= 11 is 0. The van der Waals surface area contributed by atoms with Gasteiger partial charge in [0.1, 0.15) is 0 Å². The van der Waals surface area contributed by atoms with Gasteiger partial charge in [-0.15, -0.1) is 0 Å². The van der Waals surface area contributed by atoms with Crippen LogP contribution in [0.2, 0.25) is 0 Å². The topological polar surface area (TPSA) is 24.9 Å². The first-order valence-corrected chi connectivity index (χ1v) is 6.55. The van der Waals surface area contributed by atoms with Gasteiger partial charge < -0.3 is 5.32 Å². The van der Waals surface area contributed by atoms with E-state index in [4.69, 9.17) is 0 Å². The fraction of sp³-hybridized carbons (Fsp3) is 0.643. The van der Waals surface area contributed by atoms with Gasteiger partial charge in [-0.25, -0.2) is 0 Å². The van der Waals surface area contributed by atoms with Crippen molar-refractivity contribution in [2.45, 2.75) is 51.5 Å². The van der Waals surface area contributed by atoms with Crippen molar-refractivity contribution in [1.82, 2.24) is 10.3 Å². The maximum atomic E-state index is 4.53. The lowest BCUT2D eigenvalue weighted by molar-refractivity contribution is 0.503. The minimum Gasteiger partial charge on any atom is -0.314 e. The van der Waals surface area contributed by atoms with Gasteiger partial charge in [0.15, 0.2) is 0 Å². The Morgan fingerprint density at radius 3 is 3.00 bits per heavy atom. The number of rotatable bonds is 3. The Bertz CT molecular complexity index is 297. The van der Waals surface area contributed by atoms with Crippen molar-refractivity contribution in [2.75, 3.05) is 6.54 Å². The van der Waals surface area contributed by atoms with Crippen molar-refractivity contribution in [3.8, 4) is 0 Å². The summed E-state index contributed by atoms with van der Waals surface area (Å²) in [5.41, 5.74) is 2.56. The summed E-state index contributed by atoms with van der Waals surface area (Å²) in [6, 6.07) is 5.03. The van der Waals surface area contributed by atoms with Crippen molar-refractivity contribution in [3.63, 3.8) is 0 Å². The monoisotopic (exact) mass is 218 g/mol. The van der Waals surface area contributed by atoms with Crippen molar-refractivity contribution < 1.29 is 0 Å². The zero-order valence-electron chi connectivity index (χ0n) is 10.2. The second-order valence-electron chi connectivity index (χ2n) is 4.72. The molecule has 0 radical (unpaired) electrons. The molecule has 1 aliphatic rings. The van der Waals surface area contributed by atoms with Crippen LogP contribution in [0.3, 0.4) is 0 Å². The zero-order valence-corrected chi connectivity index (χ0v) is 10.2. The van der Waals surface area contributed by atoms with Crippen LogP contribution in [0, 0.1) is 0 Å². The van der Waals surface area contributed by atoms with Crippen molar-refractivity contribution in [1.29, 1.82) is 0 Å². The Balaban J connectivity index is 1.91. The smallest absolute Gasteiger partial charge is 0.0419 e. The number of pyridine rings is 1. The molecule has 1 fully saturated rings. The summed E-state index contributed by atoms with van der Waals surface area (Å²) in [5.74, 6) is 0. The van der Waals surface area contributed by atoms with Crippen LogP contribution in [-0.2, 0) is 12.8 Å². The van der Waals surface area contributed by atoms with Gasteiger partial charge in [0, 0.05) is 24.4 Å². The van der Waals surface area contributed by atoms with Gasteiger partial charge in [0.25, 0.3) is 0 Å². The minimum atomic E-state index is 0.641. The molecule has 0 spiro atoms. The Kier molecular flexibility index (Phi) is 4.34. The highest BCUT2D eigenvalue weighted by Gasteiger charge is 2.12. The molecule has 2 rings (SSSR count). The number of hydrogen-bond acceptors (Lipinski definition) is 2. The number of aromatic nitrogens is 1. The van der Waals surface area contributed by atoms with E-state index in [0.717, 1.165) is 12.8 Å². The highest BCUT2D eigenvalue weighted by Crippen LogP contribution is 2.12. The second kappa shape index (κ2) is 6.00.